The number of carboxylic acids is 1. The Morgan fingerprint density at radius 3 is 2.51 bits per heavy atom. The molecule has 0 spiro atoms. The third kappa shape index (κ3) is 8.02. The number of aromatic nitrogens is 3. The van der Waals surface area contributed by atoms with Crippen LogP contribution in [0.5, 0.6) is 0 Å². The number of carbonyl (C=O) groups is 2. The van der Waals surface area contributed by atoms with Gasteiger partial charge in [0.15, 0.2) is 5.82 Å². The summed E-state index contributed by atoms with van der Waals surface area (Å²) in [6.45, 7) is 3.01. The summed E-state index contributed by atoms with van der Waals surface area (Å²) in [5.74, 6) is -2.44. The minimum absolute atomic E-state index is 0.146. The number of alkyl halides is 3. The van der Waals surface area contributed by atoms with Crippen LogP contribution in [0.4, 0.5) is 18.9 Å². The number of hydrogen-bond donors (Lipinski definition) is 3. The van der Waals surface area contributed by atoms with Crippen LogP contribution < -0.4 is 5.32 Å². The number of aliphatic carboxylic acids is 1. The first-order chi connectivity index (χ1) is 19.6. The van der Waals surface area contributed by atoms with Crippen LogP contribution in [0.25, 0.3) is 5.57 Å². The number of rotatable bonds is 6. The van der Waals surface area contributed by atoms with Gasteiger partial charge in [0.1, 0.15) is 11.8 Å². The fraction of sp³-hybridized carbons (Fsp3) is 0.345. The zero-order valence-corrected chi connectivity index (χ0v) is 22.1. The maximum Gasteiger partial charge on any atom is 0.490 e. The monoisotopic (exact) mass is 566 g/mol. The van der Waals surface area contributed by atoms with Crippen LogP contribution in [0, 0.1) is 11.3 Å². The summed E-state index contributed by atoms with van der Waals surface area (Å²) in [6.07, 6.45) is 5.89. The second-order valence-corrected chi connectivity index (χ2v) is 9.81. The minimum Gasteiger partial charge on any atom is -0.475 e. The lowest BCUT2D eigenvalue weighted by atomic mass is 9.87. The highest BCUT2D eigenvalue weighted by Gasteiger charge is 2.38. The summed E-state index contributed by atoms with van der Waals surface area (Å²) < 4.78 is 31.7. The van der Waals surface area contributed by atoms with Crippen molar-refractivity contribution in [3.8, 4) is 6.07 Å². The number of allylic oxidation sites excluding steroid dienone is 2. The van der Waals surface area contributed by atoms with Crippen molar-refractivity contribution in [1.29, 1.82) is 5.26 Å². The highest BCUT2D eigenvalue weighted by Crippen LogP contribution is 2.37. The van der Waals surface area contributed by atoms with Crippen molar-refractivity contribution in [1.82, 2.24) is 19.9 Å². The normalized spacial score (nSPS) is 15.8. The number of imidazole rings is 1. The number of halogens is 3. The second-order valence-electron chi connectivity index (χ2n) is 9.81. The lowest BCUT2D eigenvalue weighted by molar-refractivity contribution is -0.192. The molecule has 214 valence electrons. The molecular weight excluding hydrogens is 537 g/mol. The fourth-order valence-electron chi connectivity index (χ4n) is 4.93. The van der Waals surface area contributed by atoms with E-state index in [0.29, 0.717) is 5.92 Å². The van der Waals surface area contributed by atoms with Crippen molar-refractivity contribution in [3.63, 3.8) is 0 Å². The number of H-pyrrole nitrogens is 1. The third-order valence-corrected chi connectivity index (χ3v) is 7.00. The summed E-state index contributed by atoms with van der Waals surface area (Å²) in [6, 6.07) is 14.5. The van der Waals surface area contributed by atoms with Gasteiger partial charge in [-0.15, -0.1) is 0 Å². The first-order valence-electron chi connectivity index (χ1n) is 13.2. The summed E-state index contributed by atoms with van der Waals surface area (Å²) in [5, 5.41) is 19.1. The number of carbonyl (C=O) groups excluding carboxylic acids is 1. The third-order valence-electron chi connectivity index (χ3n) is 7.00. The number of hydrogen-bond acceptors (Lipinski definition) is 6. The van der Waals surface area contributed by atoms with Gasteiger partial charge in [0.05, 0.1) is 11.9 Å². The van der Waals surface area contributed by atoms with E-state index < -0.39 is 12.1 Å². The Labute approximate surface area is 234 Å². The van der Waals surface area contributed by atoms with Gasteiger partial charge in [0.2, 0.25) is 0 Å². The Balaban J connectivity index is 0.000000493. The predicted octanol–water partition coefficient (Wildman–Crippen LogP) is 5.51. The molecule has 0 unspecified atom stereocenters. The molecule has 0 bridgehead atoms. The van der Waals surface area contributed by atoms with Crippen molar-refractivity contribution in [2.75, 3.05) is 18.4 Å². The molecule has 0 atom stereocenters. The highest BCUT2D eigenvalue weighted by atomic mass is 19.4. The van der Waals surface area contributed by atoms with Gasteiger partial charge in [0.25, 0.3) is 5.91 Å². The smallest absolute Gasteiger partial charge is 0.475 e. The van der Waals surface area contributed by atoms with Gasteiger partial charge >= 0.3 is 12.1 Å². The summed E-state index contributed by atoms with van der Waals surface area (Å²) >= 11 is 0. The van der Waals surface area contributed by atoms with Crippen molar-refractivity contribution in [2.24, 2.45) is 0 Å². The number of aromatic amines is 1. The number of nitrogens with zero attached hydrogens (tertiary/aromatic N) is 4. The van der Waals surface area contributed by atoms with Gasteiger partial charge in [-0.05, 0) is 86.5 Å². The van der Waals surface area contributed by atoms with Gasteiger partial charge < -0.3 is 15.4 Å². The molecule has 3 N–H and O–H groups in total. The zero-order chi connectivity index (χ0) is 29.4. The first kappa shape index (κ1) is 29.5. The molecule has 1 fully saturated rings. The lowest BCUT2D eigenvalue weighted by Gasteiger charge is -2.32. The number of carboxylic acid groups (broad SMARTS) is 1. The SMILES string of the molecule is N#Cc1cnc(C(=O)Nc2ccc(C3CCN(Cc4ccccn4)CC3)cc2C2=CCCC2)[nH]1.O=C(O)C(F)(F)F. The molecule has 2 aliphatic rings. The molecule has 1 aromatic carbocycles. The first-order valence-corrected chi connectivity index (χ1v) is 13.2. The highest BCUT2D eigenvalue weighted by molar-refractivity contribution is 6.03. The molecule has 9 nitrogen and oxygen atoms in total. The zero-order valence-electron chi connectivity index (χ0n) is 22.1. The summed E-state index contributed by atoms with van der Waals surface area (Å²) in [7, 11) is 0. The molecule has 3 aromatic rings. The van der Waals surface area contributed by atoms with Gasteiger partial charge in [0, 0.05) is 24.0 Å². The van der Waals surface area contributed by atoms with Crippen LogP contribution in [0.1, 0.15) is 71.2 Å². The van der Waals surface area contributed by atoms with Gasteiger partial charge in [-0.1, -0.05) is 18.2 Å². The van der Waals surface area contributed by atoms with E-state index in [4.69, 9.17) is 15.2 Å². The van der Waals surface area contributed by atoms with Crippen LogP contribution in [-0.2, 0) is 11.3 Å². The number of amides is 1. The van der Waals surface area contributed by atoms with Crippen LogP contribution in [-0.4, -0.2) is 56.1 Å². The number of benzene rings is 1. The Hall–Kier alpha value is -4.50. The molecule has 0 radical (unpaired) electrons. The van der Waals surface area contributed by atoms with E-state index in [-0.39, 0.29) is 17.4 Å². The topological polar surface area (TPSA) is 135 Å². The number of likely N-dealkylation sites (tertiary alicyclic amines) is 1. The molecule has 1 saturated heterocycles. The van der Waals surface area contributed by atoms with Crippen molar-refractivity contribution in [3.05, 3.63) is 83.2 Å². The van der Waals surface area contributed by atoms with Crippen LogP contribution >= 0.6 is 0 Å². The largest absolute Gasteiger partial charge is 0.490 e. The van der Waals surface area contributed by atoms with E-state index >= 15 is 0 Å². The predicted molar refractivity (Wildman–Crippen MR) is 145 cm³/mol. The molecular formula is C29H29F3N6O3. The maximum absolute atomic E-state index is 12.7. The molecule has 1 aliphatic heterocycles. The second kappa shape index (κ2) is 13.2. The fourth-order valence-corrected chi connectivity index (χ4v) is 4.93. The number of nitrogens with one attached hydrogen (secondary N) is 2. The van der Waals surface area contributed by atoms with Gasteiger partial charge in [-0.2, -0.15) is 18.4 Å². The molecule has 1 aliphatic carbocycles. The molecule has 1 amide bonds. The van der Waals surface area contributed by atoms with Gasteiger partial charge in [-0.3, -0.25) is 14.7 Å². The van der Waals surface area contributed by atoms with Gasteiger partial charge in [-0.25, -0.2) is 9.78 Å². The van der Waals surface area contributed by atoms with E-state index in [1.54, 1.807) is 0 Å². The molecule has 2 aromatic heterocycles. The van der Waals surface area contributed by atoms with Crippen molar-refractivity contribution < 1.29 is 27.9 Å². The van der Waals surface area contributed by atoms with E-state index in [1.807, 2.05) is 30.5 Å². The average Bonchev–Trinajstić information content (AvgIpc) is 3.67. The Kier molecular flexibility index (Phi) is 9.52. The number of piperidine rings is 1. The van der Waals surface area contributed by atoms with Crippen LogP contribution in [0.15, 0.2) is 54.9 Å². The Morgan fingerprint density at radius 2 is 1.93 bits per heavy atom. The van der Waals surface area contributed by atoms with Crippen LogP contribution in [0.2, 0.25) is 0 Å². The molecule has 0 saturated carbocycles. The van der Waals surface area contributed by atoms with Crippen molar-refractivity contribution >= 4 is 23.1 Å². The minimum atomic E-state index is -5.08. The number of anilines is 1. The number of pyridine rings is 1. The molecule has 41 heavy (non-hydrogen) atoms. The quantitative estimate of drug-likeness (QED) is 0.358. The van der Waals surface area contributed by atoms with Crippen molar-refractivity contribution in [2.45, 2.75) is 50.7 Å². The summed E-state index contributed by atoms with van der Waals surface area (Å²) in [4.78, 5) is 35.3. The lowest BCUT2D eigenvalue weighted by Crippen LogP contribution is -2.32. The Bertz CT molecular complexity index is 1440. The van der Waals surface area contributed by atoms with Crippen LogP contribution in [0.3, 0.4) is 0 Å². The summed E-state index contributed by atoms with van der Waals surface area (Å²) in [5.41, 5.74) is 5.92. The standard InChI is InChI=1S/C27H28N6O.C2HF3O2/c28-16-23-17-30-26(31-23)27(34)32-25-9-8-21(15-24(25)20-5-1-2-6-20)19-10-13-33(14-11-19)18-22-7-3-4-12-29-22;3-2(4,5)1(6)7/h3-5,7-9,12,15,17,19H,1-2,6,10-11,13-14,18H2,(H,30,31)(H,32,34);(H,6,7). The maximum atomic E-state index is 12.7. The average molecular weight is 567 g/mol. The number of nitriles is 1. The van der Waals surface area contributed by atoms with E-state index in [9.17, 15) is 18.0 Å². The molecule has 12 heteroatoms. The van der Waals surface area contributed by atoms with E-state index in [1.165, 1.54) is 17.3 Å². The molecule has 5 rings (SSSR count). The van der Waals surface area contributed by atoms with E-state index in [2.05, 4.69) is 49.4 Å². The molecule has 3 heterocycles. The Morgan fingerprint density at radius 1 is 1.17 bits per heavy atom. The van der Waals surface area contributed by atoms with E-state index in [0.717, 1.165) is 68.7 Å².